The van der Waals surface area contributed by atoms with Gasteiger partial charge in [-0.3, -0.25) is 4.79 Å². The molecule has 200 valence electrons. The maximum Gasteiger partial charge on any atom is 0.321 e. The van der Waals surface area contributed by atoms with Crippen LogP contribution in [0.3, 0.4) is 0 Å². The summed E-state index contributed by atoms with van der Waals surface area (Å²) in [5, 5.41) is 14.1. The van der Waals surface area contributed by atoms with Gasteiger partial charge in [0.2, 0.25) is 0 Å². The van der Waals surface area contributed by atoms with Gasteiger partial charge in [-0.05, 0) is 60.2 Å². The number of H-pyrrole nitrogens is 1. The lowest BCUT2D eigenvalue weighted by Crippen LogP contribution is -2.68. The molecule has 8 nitrogen and oxygen atoms in total. The topological polar surface area (TPSA) is 97.9 Å². The number of benzene rings is 3. The summed E-state index contributed by atoms with van der Waals surface area (Å²) in [5.74, 6) is -0.604. The van der Waals surface area contributed by atoms with Gasteiger partial charge in [0, 0.05) is 53.5 Å². The summed E-state index contributed by atoms with van der Waals surface area (Å²) in [5.41, 5.74) is 2.44. The maximum atomic E-state index is 13.7. The Bertz CT molecular complexity index is 1580. The van der Waals surface area contributed by atoms with Gasteiger partial charge in [0.1, 0.15) is 17.4 Å². The largest absolute Gasteiger partial charge is 0.497 e. The molecular formula is C29H26F2N4O4. The molecule has 3 amide bonds. The number of rotatable bonds is 4. The molecule has 0 unspecified atom stereocenters. The van der Waals surface area contributed by atoms with Crippen molar-refractivity contribution in [1.82, 2.24) is 14.8 Å². The summed E-state index contributed by atoms with van der Waals surface area (Å²) in [6.45, 7) is 0.505. The van der Waals surface area contributed by atoms with Crippen molar-refractivity contribution >= 4 is 28.5 Å². The smallest absolute Gasteiger partial charge is 0.321 e. The number of aromatic nitrogens is 1. The van der Waals surface area contributed by atoms with Crippen LogP contribution in [0.25, 0.3) is 10.9 Å². The van der Waals surface area contributed by atoms with E-state index in [9.17, 15) is 23.5 Å². The molecule has 3 N–H and O–H groups in total. The van der Waals surface area contributed by atoms with E-state index in [-0.39, 0.29) is 25.1 Å². The molecule has 2 aliphatic rings. The predicted molar refractivity (Wildman–Crippen MR) is 141 cm³/mol. The Balaban J connectivity index is 1.38. The summed E-state index contributed by atoms with van der Waals surface area (Å²) in [6.07, 6.45) is 0. The summed E-state index contributed by atoms with van der Waals surface area (Å²) >= 11 is 0. The minimum Gasteiger partial charge on any atom is -0.497 e. The number of carbonyl (C=O) groups excluding carboxylic acids is 2. The highest BCUT2D eigenvalue weighted by molar-refractivity contribution is 5.96. The average Bonchev–Trinajstić information content (AvgIpc) is 3.30. The number of likely N-dealkylation sites (tertiary alicyclic amines) is 1. The van der Waals surface area contributed by atoms with Crippen molar-refractivity contribution in [3.05, 3.63) is 95.2 Å². The summed E-state index contributed by atoms with van der Waals surface area (Å²) in [6, 6.07) is 15.6. The minimum atomic E-state index is -0.670. The Morgan fingerprint density at radius 1 is 1.05 bits per heavy atom. The zero-order chi connectivity index (χ0) is 27.3. The highest BCUT2D eigenvalue weighted by Crippen LogP contribution is 2.49. The fourth-order valence-corrected chi connectivity index (χ4v) is 5.83. The van der Waals surface area contributed by atoms with E-state index in [1.165, 1.54) is 42.5 Å². The van der Waals surface area contributed by atoms with E-state index in [4.69, 9.17) is 4.74 Å². The second-order valence-electron chi connectivity index (χ2n) is 10.0. The van der Waals surface area contributed by atoms with Crippen LogP contribution in [0.2, 0.25) is 0 Å². The third kappa shape index (κ3) is 4.17. The van der Waals surface area contributed by atoms with E-state index < -0.39 is 23.1 Å². The molecule has 0 bridgehead atoms. The number of hydrogen-bond acceptors (Lipinski definition) is 4. The van der Waals surface area contributed by atoms with Crippen LogP contribution in [-0.2, 0) is 5.41 Å². The minimum absolute atomic E-state index is 0.240. The summed E-state index contributed by atoms with van der Waals surface area (Å²) in [7, 11) is 1.58. The first-order valence-corrected chi connectivity index (χ1v) is 12.5. The second-order valence-corrected chi connectivity index (χ2v) is 10.0. The van der Waals surface area contributed by atoms with Gasteiger partial charge in [-0.15, -0.1) is 0 Å². The van der Waals surface area contributed by atoms with Crippen LogP contribution in [-0.4, -0.2) is 65.2 Å². The molecule has 1 saturated heterocycles. The van der Waals surface area contributed by atoms with Gasteiger partial charge in [-0.2, -0.15) is 0 Å². The summed E-state index contributed by atoms with van der Waals surface area (Å²) < 4.78 is 32.6. The number of hydrogen-bond donors (Lipinski definition) is 3. The van der Waals surface area contributed by atoms with E-state index >= 15 is 0 Å². The van der Waals surface area contributed by atoms with Gasteiger partial charge in [0.05, 0.1) is 25.2 Å². The number of anilines is 1. The fourth-order valence-electron chi connectivity index (χ4n) is 5.83. The molecular weight excluding hydrogens is 506 g/mol. The second kappa shape index (κ2) is 9.39. The van der Waals surface area contributed by atoms with Gasteiger partial charge in [-0.1, -0.05) is 6.07 Å². The number of fused-ring (bicyclic) bond motifs is 4. The van der Waals surface area contributed by atoms with Crippen LogP contribution >= 0.6 is 0 Å². The van der Waals surface area contributed by atoms with Gasteiger partial charge in [-0.25, -0.2) is 13.6 Å². The SMILES string of the molecule is COc1ccc2c3c([nH]c2c1)[C@@H](CO)N(C(=O)c1ccc(F)cc1)CC31CN(C(=O)Nc2cccc(F)c2)C1. The number of aliphatic hydroxyl groups excluding tert-OH is 1. The number of amides is 3. The fraction of sp³-hybridized carbons (Fsp3) is 0.241. The Labute approximate surface area is 222 Å². The molecule has 0 saturated carbocycles. The van der Waals surface area contributed by atoms with Gasteiger partial charge >= 0.3 is 6.03 Å². The maximum absolute atomic E-state index is 13.7. The number of halogens is 2. The van der Waals surface area contributed by atoms with Crippen LogP contribution in [0.5, 0.6) is 5.75 Å². The first kappa shape index (κ1) is 24.9. The van der Waals surface area contributed by atoms with Gasteiger partial charge in [0.15, 0.2) is 0 Å². The van der Waals surface area contributed by atoms with Gasteiger partial charge < -0.3 is 29.9 Å². The monoisotopic (exact) mass is 532 g/mol. The molecule has 1 aromatic heterocycles. The third-order valence-electron chi connectivity index (χ3n) is 7.62. The summed E-state index contributed by atoms with van der Waals surface area (Å²) in [4.78, 5) is 33.3. The van der Waals surface area contributed by atoms with Crippen molar-refractivity contribution in [3.8, 4) is 5.75 Å². The predicted octanol–water partition coefficient (Wildman–Crippen LogP) is 4.43. The first-order valence-electron chi connectivity index (χ1n) is 12.5. The number of aromatic amines is 1. The molecule has 1 fully saturated rings. The average molecular weight is 533 g/mol. The number of methoxy groups -OCH3 is 1. The van der Waals surface area contributed by atoms with Crippen LogP contribution in [0.4, 0.5) is 19.3 Å². The number of nitrogens with zero attached hydrogens (tertiary/aromatic N) is 2. The van der Waals surface area contributed by atoms with Crippen molar-refractivity contribution in [1.29, 1.82) is 0 Å². The van der Waals surface area contributed by atoms with Crippen molar-refractivity contribution in [2.45, 2.75) is 11.5 Å². The standard InChI is InChI=1S/C29H26F2N4O4/c1-39-21-9-10-22-23(12-21)33-26-24(13-36)35(27(37)17-5-7-18(30)8-6-17)16-29(25(22)26)14-34(15-29)28(38)32-20-4-2-3-19(31)11-20/h2-12,24,33,36H,13-16H2,1H3,(H,32,38)/t24-/m1/s1. The van der Waals surface area contributed by atoms with Crippen molar-refractivity contribution in [3.63, 3.8) is 0 Å². The van der Waals surface area contributed by atoms with Crippen LogP contribution in [0.1, 0.15) is 27.7 Å². The van der Waals surface area contributed by atoms with E-state index in [0.29, 0.717) is 35.8 Å². The lowest BCUT2D eigenvalue weighted by molar-refractivity contribution is 0.0159. The lowest BCUT2D eigenvalue weighted by Gasteiger charge is -2.55. The molecule has 0 aliphatic carbocycles. The van der Waals surface area contributed by atoms with Crippen molar-refractivity contribution in [2.75, 3.05) is 38.7 Å². The van der Waals surface area contributed by atoms with E-state index in [2.05, 4.69) is 10.3 Å². The van der Waals surface area contributed by atoms with E-state index in [1.54, 1.807) is 23.0 Å². The van der Waals surface area contributed by atoms with Crippen molar-refractivity contribution < 1.29 is 28.2 Å². The van der Waals surface area contributed by atoms with E-state index in [1.807, 2.05) is 18.2 Å². The first-order chi connectivity index (χ1) is 18.8. The number of nitrogens with one attached hydrogen (secondary N) is 2. The zero-order valence-corrected chi connectivity index (χ0v) is 21.1. The molecule has 1 atom stereocenters. The molecule has 39 heavy (non-hydrogen) atoms. The van der Waals surface area contributed by atoms with Crippen LogP contribution in [0, 0.1) is 11.6 Å². The lowest BCUT2D eigenvalue weighted by atomic mass is 9.68. The van der Waals surface area contributed by atoms with E-state index in [0.717, 1.165) is 16.5 Å². The molecule has 3 aromatic carbocycles. The number of urea groups is 1. The molecule has 4 aromatic rings. The number of ether oxygens (including phenoxy) is 1. The Morgan fingerprint density at radius 2 is 1.82 bits per heavy atom. The number of carbonyl (C=O) groups is 2. The van der Waals surface area contributed by atoms with Gasteiger partial charge in [0.25, 0.3) is 5.91 Å². The highest BCUT2D eigenvalue weighted by Gasteiger charge is 2.55. The molecule has 1 spiro atoms. The zero-order valence-electron chi connectivity index (χ0n) is 21.1. The molecule has 10 heteroatoms. The van der Waals surface area contributed by atoms with Crippen LogP contribution in [0.15, 0.2) is 66.7 Å². The third-order valence-corrected chi connectivity index (χ3v) is 7.62. The molecule has 2 aliphatic heterocycles. The quantitative estimate of drug-likeness (QED) is 0.362. The molecule has 3 heterocycles. The molecule has 6 rings (SSSR count). The highest BCUT2D eigenvalue weighted by atomic mass is 19.1. The normalized spacial score (nSPS) is 17.6. The Morgan fingerprint density at radius 3 is 2.51 bits per heavy atom. The van der Waals surface area contributed by atoms with Crippen LogP contribution < -0.4 is 10.1 Å². The molecule has 0 radical (unpaired) electrons. The Kier molecular flexibility index (Phi) is 5.99. The van der Waals surface area contributed by atoms with Crippen molar-refractivity contribution in [2.24, 2.45) is 0 Å². The number of aliphatic hydroxyl groups is 1. The Hall–Kier alpha value is -4.44.